The number of benzene rings is 1. The van der Waals surface area contributed by atoms with Crippen molar-refractivity contribution < 1.29 is 14.7 Å². The Bertz CT molecular complexity index is 662. The van der Waals surface area contributed by atoms with Gasteiger partial charge in [0.25, 0.3) is 5.91 Å². The maximum Gasteiger partial charge on any atom is 0.305 e. The van der Waals surface area contributed by atoms with Crippen LogP contribution in [0.1, 0.15) is 30.6 Å². The van der Waals surface area contributed by atoms with Gasteiger partial charge >= 0.3 is 5.97 Å². The van der Waals surface area contributed by atoms with E-state index >= 15 is 0 Å². The molecule has 1 N–H and O–H groups in total. The van der Waals surface area contributed by atoms with E-state index in [-0.39, 0.29) is 24.9 Å². The second-order valence-corrected chi connectivity index (χ2v) is 5.12. The van der Waals surface area contributed by atoms with Crippen LogP contribution in [-0.4, -0.2) is 39.5 Å². The monoisotopic (exact) mass is 286 g/mol. The highest BCUT2D eigenvalue weighted by molar-refractivity contribution is 6.05. The van der Waals surface area contributed by atoms with Crippen molar-refractivity contribution in [2.24, 2.45) is 0 Å². The molecule has 0 bridgehead atoms. The molecule has 5 heteroatoms. The van der Waals surface area contributed by atoms with Crippen molar-refractivity contribution in [1.29, 1.82) is 0 Å². The van der Waals surface area contributed by atoms with Gasteiger partial charge in [0.15, 0.2) is 0 Å². The lowest BCUT2D eigenvalue weighted by Crippen LogP contribution is -2.38. The van der Waals surface area contributed by atoms with Crippen LogP contribution in [0.2, 0.25) is 0 Å². The van der Waals surface area contributed by atoms with Gasteiger partial charge in [0.1, 0.15) is 0 Å². The molecule has 0 radical (unpaired) electrons. The Labute approximate surface area is 123 Å². The van der Waals surface area contributed by atoms with Crippen molar-refractivity contribution in [1.82, 2.24) is 9.88 Å². The molecule has 0 aliphatic rings. The zero-order valence-corrected chi connectivity index (χ0v) is 12.1. The molecule has 0 aliphatic heterocycles. The highest BCUT2D eigenvalue weighted by Gasteiger charge is 2.21. The number of pyridine rings is 1. The van der Waals surface area contributed by atoms with E-state index in [1.165, 1.54) is 0 Å². The second-order valence-electron chi connectivity index (χ2n) is 5.12. The Hall–Kier alpha value is -2.43. The number of carbonyl (C=O) groups is 2. The van der Waals surface area contributed by atoms with Gasteiger partial charge in [-0.15, -0.1) is 0 Å². The molecule has 0 fully saturated rings. The van der Waals surface area contributed by atoms with Crippen LogP contribution in [0.4, 0.5) is 0 Å². The first-order chi connectivity index (χ1) is 10.0. The van der Waals surface area contributed by atoms with Gasteiger partial charge in [-0.1, -0.05) is 18.2 Å². The number of para-hydroxylation sites is 1. The maximum atomic E-state index is 12.7. The van der Waals surface area contributed by atoms with E-state index in [9.17, 15) is 9.59 Å². The lowest BCUT2D eigenvalue weighted by molar-refractivity contribution is -0.137. The molecule has 2 aromatic rings. The standard InChI is InChI=1S/C16H18N2O3/c1-11(2)18(10-8-14(19)20)16(21)13-7-3-5-12-6-4-9-17-15(12)13/h3-7,9,11H,8,10H2,1-2H3,(H,19,20). The Morgan fingerprint density at radius 1 is 1.24 bits per heavy atom. The van der Waals surface area contributed by atoms with E-state index in [4.69, 9.17) is 5.11 Å². The van der Waals surface area contributed by atoms with Crippen LogP contribution in [0.15, 0.2) is 36.5 Å². The molecule has 1 aromatic heterocycles. The Kier molecular flexibility index (Phi) is 4.52. The number of carbonyl (C=O) groups excluding carboxylic acids is 1. The summed E-state index contributed by atoms with van der Waals surface area (Å²) >= 11 is 0. The summed E-state index contributed by atoms with van der Waals surface area (Å²) in [7, 11) is 0. The summed E-state index contributed by atoms with van der Waals surface area (Å²) in [5.74, 6) is -1.10. The number of aromatic nitrogens is 1. The average Bonchev–Trinajstić information content (AvgIpc) is 2.46. The summed E-state index contributed by atoms with van der Waals surface area (Å²) in [6.45, 7) is 3.94. The van der Waals surface area contributed by atoms with Crippen LogP contribution >= 0.6 is 0 Å². The van der Waals surface area contributed by atoms with Gasteiger partial charge in [-0.3, -0.25) is 14.6 Å². The van der Waals surface area contributed by atoms with Crippen molar-refractivity contribution >= 4 is 22.8 Å². The highest BCUT2D eigenvalue weighted by atomic mass is 16.4. The molecule has 0 saturated carbocycles. The predicted molar refractivity (Wildman–Crippen MR) is 80.2 cm³/mol. The van der Waals surface area contributed by atoms with Gasteiger partial charge in [0.2, 0.25) is 0 Å². The molecule has 0 unspecified atom stereocenters. The summed E-state index contributed by atoms with van der Waals surface area (Å²) < 4.78 is 0. The summed E-state index contributed by atoms with van der Waals surface area (Å²) in [5, 5.41) is 9.71. The minimum absolute atomic E-state index is 0.0673. The average molecular weight is 286 g/mol. The Morgan fingerprint density at radius 3 is 2.62 bits per heavy atom. The third-order valence-electron chi connectivity index (χ3n) is 3.31. The van der Waals surface area contributed by atoms with Crippen molar-refractivity contribution in [3.8, 4) is 0 Å². The number of rotatable bonds is 5. The molecule has 0 spiro atoms. The van der Waals surface area contributed by atoms with Crippen molar-refractivity contribution in [3.05, 3.63) is 42.1 Å². The number of aliphatic carboxylic acids is 1. The van der Waals surface area contributed by atoms with Crippen LogP contribution in [0, 0.1) is 0 Å². The zero-order valence-electron chi connectivity index (χ0n) is 12.1. The molecule has 2 rings (SSSR count). The van der Waals surface area contributed by atoms with Crippen LogP contribution in [0.25, 0.3) is 10.9 Å². The second kappa shape index (κ2) is 6.35. The van der Waals surface area contributed by atoms with Crippen LogP contribution < -0.4 is 0 Å². The van der Waals surface area contributed by atoms with Crippen LogP contribution in [0.5, 0.6) is 0 Å². The highest BCUT2D eigenvalue weighted by Crippen LogP contribution is 2.19. The molecule has 110 valence electrons. The van der Waals surface area contributed by atoms with Gasteiger partial charge in [-0.2, -0.15) is 0 Å². The minimum Gasteiger partial charge on any atom is -0.481 e. The third-order valence-corrected chi connectivity index (χ3v) is 3.31. The SMILES string of the molecule is CC(C)N(CCC(=O)O)C(=O)c1cccc2cccnc12. The summed E-state index contributed by atoms with van der Waals surface area (Å²) in [6, 6.07) is 9.09. The molecule has 1 heterocycles. The summed E-state index contributed by atoms with van der Waals surface area (Å²) in [6.07, 6.45) is 1.58. The largest absolute Gasteiger partial charge is 0.481 e. The quantitative estimate of drug-likeness (QED) is 0.917. The molecule has 0 atom stereocenters. The molecule has 5 nitrogen and oxygen atoms in total. The van der Waals surface area contributed by atoms with Gasteiger partial charge in [-0.05, 0) is 26.0 Å². The number of nitrogens with zero attached hydrogens (tertiary/aromatic N) is 2. The van der Waals surface area contributed by atoms with Crippen molar-refractivity contribution in [2.75, 3.05) is 6.54 Å². The van der Waals surface area contributed by atoms with Crippen LogP contribution in [0.3, 0.4) is 0 Å². The number of hydrogen-bond donors (Lipinski definition) is 1. The summed E-state index contributed by atoms with van der Waals surface area (Å²) in [4.78, 5) is 29.3. The van der Waals surface area contributed by atoms with E-state index in [1.807, 2.05) is 38.1 Å². The van der Waals surface area contributed by atoms with Gasteiger partial charge in [-0.25, -0.2) is 0 Å². The van der Waals surface area contributed by atoms with E-state index in [1.54, 1.807) is 17.2 Å². The molecule has 21 heavy (non-hydrogen) atoms. The molecular formula is C16H18N2O3. The number of amides is 1. The molecular weight excluding hydrogens is 268 g/mol. The smallest absolute Gasteiger partial charge is 0.305 e. The van der Waals surface area contributed by atoms with E-state index in [0.29, 0.717) is 11.1 Å². The summed E-state index contributed by atoms with van der Waals surface area (Å²) in [5.41, 5.74) is 1.15. The fourth-order valence-electron chi connectivity index (χ4n) is 2.24. The first-order valence-electron chi connectivity index (χ1n) is 6.87. The minimum atomic E-state index is -0.913. The third kappa shape index (κ3) is 3.37. The predicted octanol–water partition coefficient (Wildman–Crippen LogP) is 2.56. The van der Waals surface area contributed by atoms with Gasteiger partial charge in [0.05, 0.1) is 17.5 Å². The fraction of sp³-hybridized carbons (Fsp3) is 0.312. The lowest BCUT2D eigenvalue weighted by atomic mass is 10.1. The van der Waals surface area contributed by atoms with Gasteiger partial charge in [0, 0.05) is 24.2 Å². The lowest BCUT2D eigenvalue weighted by Gasteiger charge is -2.26. The topological polar surface area (TPSA) is 70.5 Å². The van der Waals surface area contributed by atoms with E-state index in [0.717, 1.165) is 5.39 Å². The van der Waals surface area contributed by atoms with Crippen molar-refractivity contribution in [2.45, 2.75) is 26.3 Å². The van der Waals surface area contributed by atoms with E-state index < -0.39 is 5.97 Å². The molecule has 0 aliphatic carbocycles. The fourth-order valence-corrected chi connectivity index (χ4v) is 2.24. The molecule has 1 amide bonds. The molecule has 1 aromatic carbocycles. The number of carboxylic acid groups (broad SMARTS) is 1. The Balaban J connectivity index is 2.37. The van der Waals surface area contributed by atoms with Crippen molar-refractivity contribution in [3.63, 3.8) is 0 Å². The number of carboxylic acids is 1. The first-order valence-corrected chi connectivity index (χ1v) is 6.87. The van der Waals surface area contributed by atoms with E-state index in [2.05, 4.69) is 4.98 Å². The maximum absolute atomic E-state index is 12.7. The van der Waals surface area contributed by atoms with Gasteiger partial charge < -0.3 is 10.0 Å². The number of hydrogen-bond acceptors (Lipinski definition) is 3. The normalized spacial score (nSPS) is 10.8. The number of fused-ring (bicyclic) bond motifs is 1. The molecule has 0 saturated heterocycles. The zero-order chi connectivity index (χ0) is 15.4. The van der Waals surface area contributed by atoms with Crippen LogP contribution in [-0.2, 0) is 4.79 Å². The first kappa shape index (κ1) is 15.0. The Morgan fingerprint density at radius 2 is 1.95 bits per heavy atom.